The Hall–Kier alpha value is -1.36. The fraction of sp³-hybridized carbons (Fsp3) is 0.133. The summed E-state index contributed by atoms with van der Waals surface area (Å²) in [6.45, 7) is 1.99. The molecular formula is C15H11Cl2FN2S. The second-order valence-electron chi connectivity index (χ2n) is 4.81. The number of benzene rings is 2. The highest BCUT2D eigenvalue weighted by Crippen LogP contribution is 2.28. The Morgan fingerprint density at radius 3 is 2.71 bits per heavy atom. The van der Waals surface area contributed by atoms with Gasteiger partial charge < -0.3 is 9.55 Å². The highest BCUT2D eigenvalue weighted by Gasteiger charge is 2.15. The Labute approximate surface area is 136 Å². The molecule has 1 unspecified atom stereocenters. The van der Waals surface area contributed by atoms with Crippen LogP contribution in [0.1, 0.15) is 18.5 Å². The number of nitrogens with zero attached hydrogens (tertiary/aromatic N) is 1. The third kappa shape index (κ3) is 2.59. The van der Waals surface area contributed by atoms with E-state index in [1.807, 2.05) is 35.8 Å². The topological polar surface area (TPSA) is 20.7 Å². The van der Waals surface area contributed by atoms with Crippen molar-refractivity contribution < 1.29 is 4.39 Å². The average Bonchev–Trinajstić information content (AvgIpc) is 2.74. The fourth-order valence-electron chi connectivity index (χ4n) is 2.42. The normalized spacial score (nSPS) is 12.8. The van der Waals surface area contributed by atoms with E-state index in [0.717, 1.165) is 5.56 Å². The molecule has 1 N–H and O–H groups in total. The predicted molar refractivity (Wildman–Crippen MR) is 87.4 cm³/mol. The molecule has 2 aromatic carbocycles. The summed E-state index contributed by atoms with van der Waals surface area (Å²) in [5.41, 5.74) is 2.38. The number of hydrogen-bond acceptors (Lipinski definition) is 1. The van der Waals surface area contributed by atoms with Crippen molar-refractivity contribution >= 4 is 46.5 Å². The SMILES string of the molecule is CC(c1cccc(Cl)c1)n1c(=S)[nH]c2cc(Cl)c(F)cc21. The van der Waals surface area contributed by atoms with Crippen LogP contribution in [-0.4, -0.2) is 9.55 Å². The lowest BCUT2D eigenvalue weighted by atomic mass is 10.1. The molecule has 0 saturated carbocycles. The minimum Gasteiger partial charge on any atom is -0.331 e. The molecule has 21 heavy (non-hydrogen) atoms. The summed E-state index contributed by atoms with van der Waals surface area (Å²) in [6, 6.07) is 10.4. The summed E-state index contributed by atoms with van der Waals surface area (Å²) < 4.78 is 16.1. The molecule has 0 aliphatic rings. The lowest BCUT2D eigenvalue weighted by molar-refractivity contribution is 0.622. The maximum Gasteiger partial charge on any atom is 0.178 e. The number of nitrogens with one attached hydrogen (secondary N) is 1. The zero-order valence-electron chi connectivity index (χ0n) is 11.0. The standard InChI is InChI=1S/C15H11Cl2FN2S/c1-8(9-3-2-4-10(16)5-9)20-14-7-12(18)11(17)6-13(14)19-15(20)21/h2-8H,1H3,(H,19,21). The zero-order chi connectivity index (χ0) is 15.1. The van der Waals surface area contributed by atoms with Crippen molar-refractivity contribution in [3.63, 3.8) is 0 Å². The lowest BCUT2D eigenvalue weighted by Crippen LogP contribution is -2.06. The van der Waals surface area contributed by atoms with Crippen LogP contribution in [0.25, 0.3) is 11.0 Å². The first-order valence-electron chi connectivity index (χ1n) is 6.32. The quantitative estimate of drug-likeness (QED) is 0.588. The number of fused-ring (bicyclic) bond motifs is 1. The van der Waals surface area contributed by atoms with Crippen LogP contribution in [0.4, 0.5) is 4.39 Å². The first-order valence-corrected chi connectivity index (χ1v) is 7.48. The smallest absolute Gasteiger partial charge is 0.178 e. The van der Waals surface area contributed by atoms with E-state index in [1.165, 1.54) is 6.07 Å². The summed E-state index contributed by atoms with van der Waals surface area (Å²) in [5.74, 6) is -0.467. The van der Waals surface area contributed by atoms with E-state index in [4.69, 9.17) is 35.4 Å². The molecule has 0 amide bonds. The molecule has 2 nitrogen and oxygen atoms in total. The van der Waals surface area contributed by atoms with Crippen LogP contribution in [0, 0.1) is 10.6 Å². The van der Waals surface area contributed by atoms with Gasteiger partial charge in [0.15, 0.2) is 4.77 Å². The van der Waals surface area contributed by atoms with Crippen molar-refractivity contribution in [1.29, 1.82) is 0 Å². The first-order chi connectivity index (χ1) is 9.97. The molecule has 0 spiro atoms. The Morgan fingerprint density at radius 2 is 2.00 bits per heavy atom. The Balaban J connectivity index is 2.22. The first kappa shape index (κ1) is 14.6. The molecule has 0 saturated heterocycles. The monoisotopic (exact) mass is 340 g/mol. The van der Waals surface area contributed by atoms with Crippen molar-refractivity contribution in [1.82, 2.24) is 9.55 Å². The van der Waals surface area contributed by atoms with Gasteiger partial charge in [0.05, 0.1) is 22.1 Å². The van der Waals surface area contributed by atoms with Crippen molar-refractivity contribution in [2.24, 2.45) is 0 Å². The molecule has 0 fully saturated rings. The molecule has 0 radical (unpaired) electrons. The van der Waals surface area contributed by atoms with E-state index in [9.17, 15) is 4.39 Å². The highest BCUT2D eigenvalue weighted by atomic mass is 35.5. The number of rotatable bonds is 2. The number of imidazole rings is 1. The predicted octanol–water partition coefficient (Wildman–Crippen LogP) is 5.75. The van der Waals surface area contributed by atoms with E-state index in [-0.39, 0.29) is 11.1 Å². The summed E-state index contributed by atoms with van der Waals surface area (Å²) in [6.07, 6.45) is 0. The van der Waals surface area contributed by atoms with Gasteiger partial charge in [0, 0.05) is 11.1 Å². The minimum absolute atomic E-state index is 0.0707. The zero-order valence-corrected chi connectivity index (χ0v) is 13.4. The van der Waals surface area contributed by atoms with Crippen LogP contribution < -0.4 is 0 Å². The van der Waals surface area contributed by atoms with Gasteiger partial charge in [0.1, 0.15) is 5.82 Å². The number of aromatic nitrogens is 2. The largest absolute Gasteiger partial charge is 0.331 e. The Morgan fingerprint density at radius 1 is 1.24 bits per heavy atom. The number of H-pyrrole nitrogens is 1. The maximum atomic E-state index is 13.8. The fourth-order valence-corrected chi connectivity index (χ4v) is 3.15. The van der Waals surface area contributed by atoms with Crippen molar-refractivity contribution in [2.45, 2.75) is 13.0 Å². The molecule has 3 rings (SSSR count). The molecule has 6 heteroatoms. The summed E-state index contributed by atoms with van der Waals surface area (Å²) in [7, 11) is 0. The average molecular weight is 341 g/mol. The Kier molecular flexibility index (Phi) is 3.78. The molecule has 3 aromatic rings. The van der Waals surface area contributed by atoms with Crippen LogP contribution >= 0.6 is 35.4 Å². The number of aromatic amines is 1. The van der Waals surface area contributed by atoms with Crippen LogP contribution in [0.3, 0.4) is 0 Å². The summed E-state index contributed by atoms with van der Waals surface area (Å²) in [5, 5.41) is 0.723. The van der Waals surface area contributed by atoms with Gasteiger partial charge in [-0.3, -0.25) is 0 Å². The van der Waals surface area contributed by atoms with E-state index in [1.54, 1.807) is 6.07 Å². The van der Waals surface area contributed by atoms with Gasteiger partial charge in [-0.25, -0.2) is 4.39 Å². The molecule has 0 aliphatic heterocycles. The second-order valence-corrected chi connectivity index (χ2v) is 6.04. The van der Waals surface area contributed by atoms with Gasteiger partial charge in [-0.05, 0) is 42.9 Å². The van der Waals surface area contributed by atoms with Crippen LogP contribution in [0.2, 0.25) is 10.0 Å². The van der Waals surface area contributed by atoms with Gasteiger partial charge in [-0.1, -0.05) is 35.3 Å². The van der Waals surface area contributed by atoms with E-state index >= 15 is 0 Å². The van der Waals surface area contributed by atoms with Crippen LogP contribution in [0.5, 0.6) is 0 Å². The Bertz CT molecular complexity index is 885. The third-order valence-electron chi connectivity index (χ3n) is 3.48. The number of halogens is 3. The van der Waals surface area contributed by atoms with Gasteiger partial charge in [-0.2, -0.15) is 0 Å². The van der Waals surface area contributed by atoms with E-state index < -0.39 is 5.82 Å². The van der Waals surface area contributed by atoms with Gasteiger partial charge in [-0.15, -0.1) is 0 Å². The number of hydrogen-bond donors (Lipinski definition) is 1. The molecule has 1 atom stereocenters. The summed E-state index contributed by atoms with van der Waals surface area (Å²) in [4.78, 5) is 3.05. The highest BCUT2D eigenvalue weighted by molar-refractivity contribution is 7.71. The van der Waals surface area contributed by atoms with E-state index in [0.29, 0.717) is 20.8 Å². The van der Waals surface area contributed by atoms with Gasteiger partial charge >= 0.3 is 0 Å². The van der Waals surface area contributed by atoms with Crippen molar-refractivity contribution in [2.75, 3.05) is 0 Å². The van der Waals surface area contributed by atoms with E-state index in [2.05, 4.69) is 4.98 Å². The third-order valence-corrected chi connectivity index (χ3v) is 4.30. The van der Waals surface area contributed by atoms with Gasteiger partial charge in [0.2, 0.25) is 0 Å². The maximum absolute atomic E-state index is 13.8. The molecule has 1 heterocycles. The molecule has 0 bridgehead atoms. The minimum atomic E-state index is -0.467. The molecular weight excluding hydrogens is 330 g/mol. The van der Waals surface area contributed by atoms with Crippen LogP contribution in [0.15, 0.2) is 36.4 Å². The van der Waals surface area contributed by atoms with Crippen molar-refractivity contribution in [3.05, 3.63) is 62.6 Å². The van der Waals surface area contributed by atoms with Gasteiger partial charge in [0.25, 0.3) is 0 Å². The van der Waals surface area contributed by atoms with Crippen molar-refractivity contribution in [3.8, 4) is 0 Å². The molecule has 0 aliphatic carbocycles. The molecule has 1 aromatic heterocycles. The van der Waals surface area contributed by atoms with Crippen LogP contribution in [-0.2, 0) is 0 Å². The lowest BCUT2D eigenvalue weighted by Gasteiger charge is -2.15. The summed E-state index contributed by atoms with van der Waals surface area (Å²) >= 11 is 17.2. The second kappa shape index (κ2) is 5.44. The molecule has 108 valence electrons.